The summed E-state index contributed by atoms with van der Waals surface area (Å²) in [6, 6.07) is 35.4. The first-order valence-electron chi connectivity index (χ1n) is 32.2. The minimum absolute atomic E-state index is 0.0505. The number of amides is 2. The maximum Gasteiger partial charge on any atom is 0.246 e. The van der Waals surface area contributed by atoms with E-state index < -0.39 is 110 Å². The Morgan fingerprint density at radius 2 is 0.941 bits per heavy atom. The van der Waals surface area contributed by atoms with Crippen molar-refractivity contribution >= 4 is 81.4 Å². The number of carbonyl (C=O) groups excluding carboxylic acids is 2. The van der Waals surface area contributed by atoms with Crippen molar-refractivity contribution in [2.45, 2.75) is 107 Å². The Bertz CT molecular complexity index is 4330. The van der Waals surface area contributed by atoms with Gasteiger partial charge in [-0.25, -0.2) is 37.5 Å². The summed E-state index contributed by atoms with van der Waals surface area (Å²) in [6.45, 7) is 3.06. The van der Waals surface area contributed by atoms with Crippen molar-refractivity contribution in [2.75, 3.05) is 39.5 Å². The maximum atomic E-state index is 15.0. The minimum Gasteiger partial charge on any atom is -0.363 e. The Morgan fingerprint density at radius 1 is 0.525 bits per heavy atom. The summed E-state index contributed by atoms with van der Waals surface area (Å²) in [6.07, 6.45) is -4.53. The van der Waals surface area contributed by atoms with E-state index in [4.69, 9.17) is 128 Å². The molecule has 12 atom stereocenters. The van der Waals surface area contributed by atoms with Gasteiger partial charge in [-0.3, -0.25) is 9.59 Å². The third-order valence-corrected chi connectivity index (χ3v) is 19.2. The lowest BCUT2D eigenvalue weighted by molar-refractivity contribution is -0.322. The summed E-state index contributed by atoms with van der Waals surface area (Å²) in [4.78, 5) is 37.9. The SMILES string of the molecule is Cc1nc([C@H]2OC3CO[C@H](c4ccccc4)OC3[C@@H](n3cc(-c4ccc(Cl)c(F)c4)nn3)[C@@H]2OCC(=O)NCCCCCNC(=O)CO[C@@H]2[C@@H](n3cc(-c4ccc(Cl)c(F)c4)nn3)[C@H]3O[C@@H](c4ccccc4)OC[C@H]3O[C@H]2c2nc(C)nn2-c2cc(Cl)ccc2Cl)n(-c2cc(Cl)ccc2Cl)n1. The van der Waals surface area contributed by atoms with Crippen LogP contribution in [0.15, 0.2) is 146 Å². The highest BCUT2D eigenvalue weighted by Gasteiger charge is 2.56. The molecule has 14 rings (SSSR count). The average Bonchev–Trinajstić information content (AvgIpc) is 1.73. The molecule has 0 spiro atoms. The maximum absolute atomic E-state index is 15.0. The number of carbonyl (C=O) groups is 2. The van der Waals surface area contributed by atoms with E-state index in [-0.39, 0.29) is 48.0 Å². The van der Waals surface area contributed by atoms with Crippen molar-refractivity contribution in [1.29, 1.82) is 0 Å². The molecule has 4 aliphatic heterocycles. The van der Waals surface area contributed by atoms with Gasteiger partial charge in [-0.05, 0) is 93.8 Å². The highest BCUT2D eigenvalue weighted by atomic mass is 35.5. The second-order valence-electron chi connectivity index (χ2n) is 24.3. The van der Waals surface area contributed by atoms with Gasteiger partial charge in [0.25, 0.3) is 0 Å². The zero-order valence-electron chi connectivity index (χ0n) is 53.6. The summed E-state index contributed by atoms with van der Waals surface area (Å²) < 4.78 is 89.7. The third kappa shape index (κ3) is 15.4. The molecule has 2 amide bonds. The first-order valence-corrected chi connectivity index (χ1v) is 34.5. The number of benzene rings is 6. The molecule has 4 aromatic heterocycles. The van der Waals surface area contributed by atoms with Crippen molar-refractivity contribution < 1.29 is 56.3 Å². The van der Waals surface area contributed by atoms with Gasteiger partial charge in [-0.15, -0.1) is 10.2 Å². The number of hydrogen-bond acceptors (Lipinski definition) is 18. The molecule has 8 heterocycles. The molecule has 2 N–H and O–H groups in total. The zero-order chi connectivity index (χ0) is 70.0. The van der Waals surface area contributed by atoms with Crippen LogP contribution in [0.1, 0.15) is 90.6 Å². The fourth-order valence-corrected chi connectivity index (χ4v) is 13.7. The van der Waals surface area contributed by atoms with Gasteiger partial charge < -0.3 is 48.5 Å². The lowest BCUT2D eigenvalue weighted by Crippen LogP contribution is -2.58. The monoisotopic (exact) mass is 1490 g/mol. The molecule has 524 valence electrons. The first-order chi connectivity index (χ1) is 49.0. The van der Waals surface area contributed by atoms with E-state index in [1.54, 1.807) is 84.1 Å². The molecule has 2 unspecified atom stereocenters. The molecule has 0 bridgehead atoms. The Balaban J connectivity index is 0.671. The summed E-state index contributed by atoms with van der Waals surface area (Å²) in [7, 11) is 0. The van der Waals surface area contributed by atoms with Crippen LogP contribution in [0.5, 0.6) is 0 Å². The van der Waals surface area contributed by atoms with Crippen molar-refractivity contribution in [3.8, 4) is 33.9 Å². The molecule has 4 aliphatic rings. The summed E-state index contributed by atoms with van der Waals surface area (Å²) in [5.74, 6) is -0.979. The number of rotatable bonds is 22. The van der Waals surface area contributed by atoms with Crippen LogP contribution in [0.3, 0.4) is 0 Å². The number of aryl methyl sites for hydroxylation is 2. The van der Waals surface area contributed by atoms with Crippen LogP contribution in [-0.2, 0) is 47.5 Å². The second-order valence-corrected chi connectivity index (χ2v) is 26.8. The summed E-state index contributed by atoms with van der Waals surface area (Å²) >= 11 is 38.9. The Morgan fingerprint density at radius 3 is 1.36 bits per heavy atom. The van der Waals surface area contributed by atoms with Crippen LogP contribution < -0.4 is 10.6 Å². The smallest absolute Gasteiger partial charge is 0.246 e. The predicted molar refractivity (Wildman–Crippen MR) is 366 cm³/mol. The van der Waals surface area contributed by atoms with Crippen LogP contribution in [0.4, 0.5) is 8.78 Å². The summed E-state index contributed by atoms with van der Waals surface area (Å²) in [5.41, 5.74) is 3.70. The van der Waals surface area contributed by atoms with Crippen molar-refractivity contribution in [1.82, 2.24) is 70.2 Å². The fraction of sp³-hybridized carbons (Fsp3) is 0.333. The topological polar surface area (TPSA) is 255 Å². The number of unbranched alkanes of at least 4 members (excludes halogenated alkanes) is 2. The average molecular weight is 1500 g/mol. The number of hydrogen-bond donors (Lipinski definition) is 2. The molecular weight excluding hydrogens is 1440 g/mol. The quantitative estimate of drug-likeness (QED) is 0.0598. The highest BCUT2D eigenvalue weighted by Crippen LogP contribution is 2.48. The molecule has 101 heavy (non-hydrogen) atoms. The van der Waals surface area contributed by atoms with E-state index in [1.807, 2.05) is 60.7 Å². The molecule has 6 aromatic carbocycles. The van der Waals surface area contributed by atoms with Gasteiger partial charge in [0, 0.05) is 45.4 Å². The molecule has 32 heteroatoms. The number of aromatic nitrogens is 12. The van der Waals surface area contributed by atoms with E-state index in [1.165, 1.54) is 33.6 Å². The van der Waals surface area contributed by atoms with E-state index in [0.29, 0.717) is 84.9 Å². The van der Waals surface area contributed by atoms with Crippen LogP contribution in [0.2, 0.25) is 30.1 Å². The van der Waals surface area contributed by atoms with E-state index in [9.17, 15) is 18.4 Å². The van der Waals surface area contributed by atoms with E-state index >= 15 is 0 Å². The number of fused-ring (bicyclic) bond motifs is 2. The first kappa shape index (κ1) is 70.2. The van der Waals surface area contributed by atoms with Gasteiger partial charge >= 0.3 is 0 Å². The molecule has 0 saturated carbocycles. The Kier molecular flexibility index (Phi) is 21.5. The van der Waals surface area contributed by atoms with Gasteiger partial charge in [0.2, 0.25) is 11.8 Å². The number of halogens is 8. The molecule has 24 nitrogen and oxygen atoms in total. The molecule has 4 saturated heterocycles. The predicted octanol–water partition coefficient (Wildman–Crippen LogP) is 12.6. The Labute approximate surface area is 606 Å². The van der Waals surface area contributed by atoms with Crippen LogP contribution in [-0.4, -0.2) is 147 Å². The molecule has 0 radical (unpaired) electrons. The highest BCUT2D eigenvalue weighted by molar-refractivity contribution is 6.35. The lowest BCUT2D eigenvalue weighted by Gasteiger charge is -2.49. The van der Waals surface area contributed by atoms with Crippen molar-refractivity contribution in [3.05, 3.63) is 222 Å². The molecule has 10 aromatic rings. The Hall–Kier alpha value is -7.90. The lowest BCUT2D eigenvalue weighted by atomic mass is 9.90. The number of nitrogens with one attached hydrogen (secondary N) is 2. The van der Waals surface area contributed by atoms with Crippen molar-refractivity contribution in [2.24, 2.45) is 0 Å². The van der Waals surface area contributed by atoms with Gasteiger partial charge in [-0.1, -0.05) is 153 Å². The fourth-order valence-electron chi connectivity index (χ4n) is 12.8. The minimum atomic E-state index is -1.12. The number of ether oxygens (including phenoxy) is 8. The second kappa shape index (κ2) is 31.0. The van der Waals surface area contributed by atoms with E-state index in [2.05, 4.69) is 31.3 Å². The molecule has 4 fully saturated rings. The normalized spacial score (nSPS) is 23.5. The third-order valence-electron chi connectivity index (χ3n) is 17.5. The van der Waals surface area contributed by atoms with Gasteiger partial charge in [0.15, 0.2) is 24.2 Å². The van der Waals surface area contributed by atoms with Gasteiger partial charge in [0.05, 0.1) is 57.1 Å². The van der Waals surface area contributed by atoms with Crippen LogP contribution in [0, 0.1) is 25.5 Å². The van der Waals surface area contributed by atoms with E-state index in [0.717, 1.165) is 11.1 Å². The standard InChI is InChI=1S/C69H62Cl6F2N14O10/c1-36-80-66(90(84-36)52-28-42(70)18-22-46(52)74)64-62(58(88-30-50(82-86-88)40-16-20-44(72)48(76)26-40)60-54(98-64)32-96-68(100-60)38-12-6-3-7-13-38)94-34-56(92)78-24-10-5-11-25-79-57(93)35-95-63-59(89-31-51(83-87-89)41-17-21-45(73)49(77)27-41)61-55(33-97-69(101-61)39-14-8-4-9-15-39)99-65(63)67-81-37(2)85-91(67)53-29-43(71)19-23-47(53)75/h3-4,6-9,12-23,26-31,54-55,58-65,68-69H,5,10-11,24-25,32-35H2,1-2H3,(H,78,92)(H,79,93)/t54-,55?,58+,59-,60+,61?,62-,63+,64-,65+,68+,69+/m1/s1. The number of nitrogens with zero attached hydrogens (tertiary/aromatic N) is 12. The zero-order valence-corrected chi connectivity index (χ0v) is 58.2. The van der Waals surface area contributed by atoms with Crippen LogP contribution in [0.25, 0.3) is 33.9 Å². The van der Waals surface area contributed by atoms with Gasteiger partial charge in [-0.2, -0.15) is 10.2 Å². The van der Waals surface area contributed by atoms with Gasteiger partial charge in [0.1, 0.15) is 109 Å². The summed E-state index contributed by atoms with van der Waals surface area (Å²) in [5, 5.41) is 34.7. The van der Waals surface area contributed by atoms with Crippen LogP contribution >= 0.6 is 69.6 Å². The largest absolute Gasteiger partial charge is 0.363 e. The van der Waals surface area contributed by atoms with Crippen molar-refractivity contribution in [3.63, 3.8) is 0 Å². The molecule has 0 aliphatic carbocycles. The molecular formula is C69H62Cl6F2N14O10.